The number of carbonyl (C=O) groups excluding carboxylic acids is 1. The molecule has 0 unspecified atom stereocenters. The number of ether oxygens (including phenoxy) is 1. The summed E-state index contributed by atoms with van der Waals surface area (Å²) in [6, 6.07) is 5.89. The number of carbonyl (C=O) groups is 1. The minimum atomic E-state index is -0.231. The molecule has 0 bridgehead atoms. The van der Waals surface area contributed by atoms with Gasteiger partial charge in [0.15, 0.2) is 5.75 Å². The zero-order valence-corrected chi connectivity index (χ0v) is 9.26. The minimum absolute atomic E-state index is 0.109. The number of esters is 1. The Balaban J connectivity index is 2.39. The highest BCUT2D eigenvalue weighted by Crippen LogP contribution is 2.32. The maximum atomic E-state index is 11.0. The van der Waals surface area contributed by atoms with E-state index in [0.717, 1.165) is 5.69 Å². The lowest BCUT2D eigenvalue weighted by Gasteiger charge is -2.23. The van der Waals surface area contributed by atoms with Crippen molar-refractivity contribution in [2.75, 3.05) is 11.9 Å². The normalized spacial score (nSPS) is 15.3. The summed E-state index contributed by atoms with van der Waals surface area (Å²) in [5.74, 6) is 0.394. The Morgan fingerprint density at radius 3 is 2.73 bits per heavy atom. The molecule has 1 aromatic rings. The van der Waals surface area contributed by atoms with E-state index in [1.165, 1.54) is 5.56 Å². The summed E-state index contributed by atoms with van der Waals surface area (Å²) in [7, 11) is 0. The summed E-state index contributed by atoms with van der Waals surface area (Å²) in [5, 5.41) is 3.05. The Morgan fingerprint density at radius 2 is 2.07 bits per heavy atom. The van der Waals surface area contributed by atoms with Crippen molar-refractivity contribution in [1.29, 1.82) is 0 Å². The first kappa shape index (κ1) is 10.0. The fourth-order valence-corrected chi connectivity index (χ4v) is 1.55. The average molecular weight is 205 g/mol. The predicted molar refractivity (Wildman–Crippen MR) is 59.3 cm³/mol. The van der Waals surface area contributed by atoms with Gasteiger partial charge in [-0.1, -0.05) is 26.8 Å². The standard InChI is InChI=1S/C12H15NO2/c1-12(2,3)8-4-5-10-9(6-8)13-7-11(14)15-10/h4-6,13H,7H2,1-3H3. The van der Waals surface area contributed by atoms with Gasteiger partial charge in [0.05, 0.1) is 5.69 Å². The molecule has 2 rings (SSSR count). The maximum absolute atomic E-state index is 11.0. The van der Waals surface area contributed by atoms with E-state index in [1.54, 1.807) is 0 Å². The van der Waals surface area contributed by atoms with Crippen LogP contribution in [0.5, 0.6) is 5.75 Å². The monoisotopic (exact) mass is 205 g/mol. The molecule has 0 saturated heterocycles. The molecule has 3 nitrogen and oxygen atoms in total. The summed E-state index contributed by atoms with van der Waals surface area (Å²) in [6.45, 7) is 6.72. The van der Waals surface area contributed by atoms with Crippen LogP contribution in [0.1, 0.15) is 26.3 Å². The van der Waals surface area contributed by atoms with Gasteiger partial charge in [0, 0.05) is 0 Å². The van der Waals surface area contributed by atoms with Gasteiger partial charge in [0.1, 0.15) is 6.54 Å². The first-order valence-corrected chi connectivity index (χ1v) is 5.06. The number of nitrogens with one attached hydrogen (secondary N) is 1. The van der Waals surface area contributed by atoms with Gasteiger partial charge in [-0.2, -0.15) is 0 Å². The van der Waals surface area contributed by atoms with Crippen LogP contribution < -0.4 is 10.1 Å². The van der Waals surface area contributed by atoms with Crippen molar-refractivity contribution < 1.29 is 9.53 Å². The van der Waals surface area contributed by atoms with Crippen molar-refractivity contribution in [1.82, 2.24) is 0 Å². The Hall–Kier alpha value is -1.51. The lowest BCUT2D eigenvalue weighted by molar-refractivity contribution is -0.132. The lowest BCUT2D eigenvalue weighted by Crippen LogP contribution is -2.25. The smallest absolute Gasteiger partial charge is 0.330 e. The second kappa shape index (κ2) is 3.26. The molecule has 15 heavy (non-hydrogen) atoms. The number of rotatable bonds is 0. The van der Waals surface area contributed by atoms with E-state index in [2.05, 4.69) is 26.1 Å². The molecule has 0 fully saturated rings. The van der Waals surface area contributed by atoms with Gasteiger partial charge in [-0.3, -0.25) is 0 Å². The Kier molecular flexibility index (Phi) is 2.18. The fraction of sp³-hybridized carbons (Fsp3) is 0.417. The second-order valence-electron chi connectivity index (χ2n) is 4.79. The maximum Gasteiger partial charge on any atom is 0.330 e. The van der Waals surface area contributed by atoms with E-state index in [-0.39, 0.29) is 17.9 Å². The van der Waals surface area contributed by atoms with E-state index in [1.807, 2.05) is 18.2 Å². The van der Waals surface area contributed by atoms with Crippen LogP contribution in [0.15, 0.2) is 18.2 Å². The number of benzene rings is 1. The quantitative estimate of drug-likeness (QED) is 0.521. The number of hydrogen-bond acceptors (Lipinski definition) is 3. The molecule has 1 aliphatic heterocycles. The molecular formula is C12H15NO2. The van der Waals surface area contributed by atoms with Crippen molar-refractivity contribution in [2.45, 2.75) is 26.2 Å². The zero-order chi connectivity index (χ0) is 11.1. The molecule has 0 saturated carbocycles. The molecule has 80 valence electrons. The van der Waals surface area contributed by atoms with E-state index in [4.69, 9.17) is 4.74 Å². The summed E-state index contributed by atoms with van der Waals surface area (Å²) < 4.78 is 5.10. The van der Waals surface area contributed by atoms with Crippen LogP contribution in [-0.2, 0) is 10.2 Å². The molecule has 0 spiro atoms. The van der Waals surface area contributed by atoms with Crippen molar-refractivity contribution in [3.8, 4) is 5.75 Å². The SMILES string of the molecule is CC(C)(C)c1ccc2c(c1)NCC(=O)O2. The van der Waals surface area contributed by atoms with Gasteiger partial charge in [-0.15, -0.1) is 0 Å². The van der Waals surface area contributed by atoms with Crippen molar-refractivity contribution in [2.24, 2.45) is 0 Å². The average Bonchev–Trinajstić information content (AvgIpc) is 2.15. The van der Waals surface area contributed by atoms with Gasteiger partial charge in [-0.25, -0.2) is 4.79 Å². The van der Waals surface area contributed by atoms with Gasteiger partial charge in [0.25, 0.3) is 0 Å². The summed E-state index contributed by atoms with van der Waals surface area (Å²) in [4.78, 5) is 11.0. The molecule has 1 aliphatic rings. The minimum Gasteiger partial charge on any atom is -0.423 e. The van der Waals surface area contributed by atoms with E-state index in [0.29, 0.717) is 5.75 Å². The third kappa shape index (κ3) is 1.96. The van der Waals surface area contributed by atoms with Crippen LogP contribution in [0.25, 0.3) is 0 Å². The molecule has 0 radical (unpaired) electrons. The van der Waals surface area contributed by atoms with Crippen molar-refractivity contribution in [3.05, 3.63) is 23.8 Å². The molecule has 0 atom stereocenters. The summed E-state index contributed by atoms with van der Waals surface area (Å²) in [5.41, 5.74) is 2.24. The number of hydrogen-bond donors (Lipinski definition) is 1. The van der Waals surface area contributed by atoms with Gasteiger partial charge in [-0.05, 0) is 23.1 Å². The van der Waals surface area contributed by atoms with Gasteiger partial charge >= 0.3 is 5.97 Å². The fourth-order valence-electron chi connectivity index (χ4n) is 1.55. The van der Waals surface area contributed by atoms with Crippen LogP contribution in [0, 0.1) is 0 Å². The Morgan fingerprint density at radius 1 is 1.33 bits per heavy atom. The topological polar surface area (TPSA) is 38.3 Å². The van der Waals surface area contributed by atoms with E-state index >= 15 is 0 Å². The van der Waals surface area contributed by atoms with E-state index < -0.39 is 0 Å². The first-order chi connectivity index (χ1) is 6.97. The Bertz CT molecular complexity index is 405. The number of fused-ring (bicyclic) bond motifs is 1. The summed E-state index contributed by atoms with van der Waals surface area (Å²) >= 11 is 0. The highest BCUT2D eigenvalue weighted by atomic mass is 16.5. The molecule has 0 aromatic heterocycles. The van der Waals surface area contributed by atoms with Crippen LogP contribution in [0.3, 0.4) is 0 Å². The molecular weight excluding hydrogens is 190 g/mol. The number of anilines is 1. The molecule has 0 amide bonds. The first-order valence-electron chi connectivity index (χ1n) is 5.06. The highest BCUT2D eigenvalue weighted by Gasteiger charge is 2.20. The third-order valence-electron chi connectivity index (χ3n) is 2.49. The second-order valence-corrected chi connectivity index (χ2v) is 4.79. The van der Waals surface area contributed by atoms with Crippen molar-refractivity contribution in [3.63, 3.8) is 0 Å². The molecule has 3 heteroatoms. The van der Waals surface area contributed by atoms with Crippen LogP contribution in [-0.4, -0.2) is 12.5 Å². The van der Waals surface area contributed by atoms with Crippen LogP contribution in [0.4, 0.5) is 5.69 Å². The van der Waals surface area contributed by atoms with E-state index in [9.17, 15) is 4.79 Å². The highest BCUT2D eigenvalue weighted by molar-refractivity contribution is 5.83. The summed E-state index contributed by atoms with van der Waals surface area (Å²) in [6.07, 6.45) is 0. The van der Waals surface area contributed by atoms with Crippen LogP contribution >= 0.6 is 0 Å². The molecule has 1 aromatic carbocycles. The zero-order valence-electron chi connectivity index (χ0n) is 9.26. The van der Waals surface area contributed by atoms with Gasteiger partial charge in [0.2, 0.25) is 0 Å². The molecule has 1 N–H and O–H groups in total. The predicted octanol–water partition coefficient (Wildman–Crippen LogP) is 2.32. The largest absolute Gasteiger partial charge is 0.423 e. The van der Waals surface area contributed by atoms with Crippen LogP contribution in [0.2, 0.25) is 0 Å². The van der Waals surface area contributed by atoms with Gasteiger partial charge < -0.3 is 10.1 Å². The van der Waals surface area contributed by atoms with Crippen molar-refractivity contribution >= 4 is 11.7 Å². The lowest BCUT2D eigenvalue weighted by atomic mass is 9.86. The third-order valence-corrected chi connectivity index (χ3v) is 2.49. The Labute approximate surface area is 89.4 Å². The molecule has 1 heterocycles. The molecule has 0 aliphatic carbocycles.